The topological polar surface area (TPSA) is 49.4 Å². The van der Waals surface area contributed by atoms with Gasteiger partial charge in [0.05, 0.1) is 17.9 Å². The highest BCUT2D eigenvalue weighted by molar-refractivity contribution is 6.09. The summed E-state index contributed by atoms with van der Waals surface area (Å²) in [6, 6.07) is 0.165. The molecule has 2 unspecified atom stereocenters. The number of nitrogens with one attached hydrogen (secondary N) is 1. The van der Waals surface area contributed by atoms with Crippen molar-refractivity contribution in [2.24, 2.45) is 11.8 Å². The zero-order valence-electron chi connectivity index (χ0n) is 6.62. The van der Waals surface area contributed by atoms with Crippen LogP contribution in [0.4, 0.5) is 0 Å². The zero-order chi connectivity index (χ0) is 8.29. The molecule has 0 bridgehead atoms. The first-order chi connectivity index (χ1) is 5.79. The van der Waals surface area contributed by atoms with E-state index < -0.39 is 0 Å². The molecule has 0 radical (unpaired) electrons. The van der Waals surface area contributed by atoms with Crippen molar-refractivity contribution >= 4 is 11.8 Å². The van der Waals surface area contributed by atoms with Crippen molar-refractivity contribution < 1.29 is 9.59 Å². The van der Waals surface area contributed by atoms with Crippen molar-refractivity contribution in [2.45, 2.75) is 12.5 Å². The van der Waals surface area contributed by atoms with E-state index in [0.29, 0.717) is 0 Å². The number of likely N-dealkylation sites (tertiary alicyclic amines) is 1. The Hall–Kier alpha value is -0.900. The van der Waals surface area contributed by atoms with Gasteiger partial charge in [-0.05, 0) is 6.42 Å². The van der Waals surface area contributed by atoms with Gasteiger partial charge >= 0.3 is 0 Å². The first-order valence-corrected chi connectivity index (χ1v) is 4.36. The minimum atomic E-state index is 0.0677. The van der Waals surface area contributed by atoms with Crippen molar-refractivity contribution in [3.8, 4) is 0 Å². The van der Waals surface area contributed by atoms with Crippen molar-refractivity contribution in [1.82, 2.24) is 10.2 Å². The first-order valence-electron chi connectivity index (χ1n) is 4.36. The molecular formula is C8H10N2O2. The Bertz CT molecular complexity index is 252. The summed E-state index contributed by atoms with van der Waals surface area (Å²) in [5.41, 5.74) is 0. The van der Waals surface area contributed by atoms with Crippen LogP contribution in [0.1, 0.15) is 6.42 Å². The van der Waals surface area contributed by atoms with Gasteiger partial charge < -0.3 is 5.32 Å². The summed E-state index contributed by atoms with van der Waals surface area (Å²) in [6.45, 7) is 1.58. The highest BCUT2D eigenvalue weighted by atomic mass is 16.2. The van der Waals surface area contributed by atoms with Gasteiger partial charge in [0.2, 0.25) is 11.8 Å². The average Bonchev–Trinajstić information content (AvgIpc) is 2.67. The minimum absolute atomic E-state index is 0.0677. The molecule has 64 valence electrons. The minimum Gasteiger partial charge on any atom is -0.313 e. The monoisotopic (exact) mass is 166 g/mol. The molecule has 4 nitrogen and oxygen atoms in total. The quantitative estimate of drug-likeness (QED) is 0.506. The van der Waals surface area contributed by atoms with Crippen molar-refractivity contribution in [3.05, 3.63) is 0 Å². The van der Waals surface area contributed by atoms with Gasteiger partial charge in [-0.2, -0.15) is 0 Å². The summed E-state index contributed by atoms with van der Waals surface area (Å²) in [4.78, 5) is 24.4. The number of nitrogens with zero attached hydrogens (tertiary/aromatic N) is 1. The molecule has 2 aliphatic heterocycles. The van der Waals surface area contributed by atoms with E-state index in [1.165, 1.54) is 4.90 Å². The van der Waals surface area contributed by atoms with Crippen LogP contribution in [0.3, 0.4) is 0 Å². The largest absolute Gasteiger partial charge is 0.313 e. The molecule has 0 aromatic heterocycles. The van der Waals surface area contributed by atoms with Gasteiger partial charge in [-0.15, -0.1) is 0 Å². The third-order valence-corrected chi connectivity index (χ3v) is 3.02. The molecule has 3 fully saturated rings. The predicted molar refractivity (Wildman–Crippen MR) is 40.1 cm³/mol. The van der Waals surface area contributed by atoms with E-state index in [4.69, 9.17) is 0 Å². The maximum atomic E-state index is 11.5. The standard InChI is InChI=1S/C8H10N2O2/c11-7-5-1-6(5)8(12)10(7)4-2-9-3-4/h4-6,9H,1-3H2. The number of imide groups is 1. The summed E-state index contributed by atoms with van der Waals surface area (Å²) >= 11 is 0. The number of rotatable bonds is 1. The Morgan fingerprint density at radius 2 is 1.75 bits per heavy atom. The van der Waals surface area contributed by atoms with Crippen molar-refractivity contribution in [2.75, 3.05) is 13.1 Å². The predicted octanol–water partition coefficient (Wildman–Crippen LogP) is -1.04. The van der Waals surface area contributed by atoms with Crippen LogP contribution >= 0.6 is 0 Å². The average molecular weight is 166 g/mol. The van der Waals surface area contributed by atoms with Gasteiger partial charge in [0.25, 0.3) is 0 Å². The summed E-state index contributed by atoms with van der Waals surface area (Å²) < 4.78 is 0. The van der Waals surface area contributed by atoms with E-state index in [1.807, 2.05) is 0 Å². The molecule has 12 heavy (non-hydrogen) atoms. The fourth-order valence-electron chi connectivity index (χ4n) is 2.02. The lowest BCUT2D eigenvalue weighted by Gasteiger charge is -2.34. The molecule has 2 saturated heterocycles. The fourth-order valence-corrected chi connectivity index (χ4v) is 2.02. The number of carbonyl (C=O) groups excluding carboxylic acids is 2. The van der Waals surface area contributed by atoms with Crippen molar-refractivity contribution in [3.63, 3.8) is 0 Å². The number of hydrogen-bond acceptors (Lipinski definition) is 3. The molecule has 0 aromatic carbocycles. The maximum absolute atomic E-state index is 11.5. The number of amides is 2. The van der Waals surface area contributed by atoms with Crippen LogP contribution in [-0.2, 0) is 9.59 Å². The Labute approximate surface area is 69.9 Å². The van der Waals surface area contributed by atoms with Gasteiger partial charge in [0.15, 0.2) is 0 Å². The molecule has 1 aliphatic carbocycles. The van der Waals surface area contributed by atoms with Crippen LogP contribution in [0, 0.1) is 11.8 Å². The van der Waals surface area contributed by atoms with Gasteiger partial charge in [-0.25, -0.2) is 0 Å². The Morgan fingerprint density at radius 3 is 2.17 bits per heavy atom. The Morgan fingerprint density at radius 1 is 1.17 bits per heavy atom. The normalized spacial score (nSPS) is 39.8. The van der Waals surface area contributed by atoms with Gasteiger partial charge in [-0.1, -0.05) is 0 Å². The molecule has 2 atom stereocenters. The Kier molecular flexibility index (Phi) is 1.03. The summed E-state index contributed by atoms with van der Waals surface area (Å²) in [5.74, 6) is 0.296. The second-order valence-electron chi connectivity index (χ2n) is 3.81. The molecule has 0 spiro atoms. The lowest BCUT2D eigenvalue weighted by molar-refractivity contribution is -0.145. The van der Waals surface area contributed by atoms with Crippen LogP contribution < -0.4 is 5.32 Å². The van der Waals surface area contributed by atoms with Crippen molar-refractivity contribution in [1.29, 1.82) is 0 Å². The lowest BCUT2D eigenvalue weighted by Crippen LogP contribution is -2.59. The van der Waals surface area contributed by atoms with E-state index in [2.05, 4.69) is 5.32 Å². The summed E-state index contributed by atoms with van der Waals surface area (Å²) in [5, 5.41) is 3.06. The molecule has 3 aliphatic rings. The first kappa shape index (κ1) is 6.60. The van der Waals surface area contributed by atoms with Gasteiger partial charge in [0.1, 0.15) is 0 Å². The smallest absolute Gasteiger partial charge is 0.233 e. The molecule has 2 heterocycles. The third-order valence-electron chi connectivity index (χ3n) is 3.02. The van der Waals surface area contributed by atoms with Gasteiger partial charge in [0, 0.05) is 13.1 Å². The zero-order valence-corrected chi connectivity index (χ0v) is 6.62. The molecule has 4 heteroatoms. The lowest BCUT2D eigenvalue weighted by atomic mass is 10.1. The summed E-state index contributed by atoms with van der Waals surface area (Å²) in [6.07, 6.45) is 0.814. The van der Waals surface area contributed by atoms with E-state index in [-0.39, 0.29) is 29.7 Å². The fraction of sp³-hybridized carbons (Fsp3) is 0.750. The highest BCUT2D eigenvalue weighted by Gasteiger charge is 2.60. The number of hydrogen-bond donors (Lipinski definition) is 1. The molecular weight excluding hydrogens is 156 g/mol. The van der Waals surface area contributed by atoms with Crippen LogP contribution in [0.5, 0.6) is 0 Å². The highest BCUT2D eigenvalue weighted by Crippen LogP contribution is 2.47. The second-order valence-corrected chi connectivity index (χ2v) is 3.81. The molecule has 3 rings (SSSR count). The van der Waals surface area contributed by atoms with Crippen LogP contribution in [0.2, 0.25) is 0 Å². The summed E-state index contributed by atoms with van der Waals surface area (Å²) in [7, 11) is 0. The van der Waals surface area contributed by atoms with E-state index >= 15 is 0 Å². The number of piperidine rings is 1. The number of fused-ring (bicyclic) bond motifs is 1. The second kappa shape index (κ2) is 1.88. The number of carbonyl (C=O) groups is 2. The molecule has 1 N–H and O–H groups in total. The van der Waals surface area contributed by atoms with E-state index in [9.17, 15) is 9.59 Å². The van der Waals surface area contributed by atoms with E-state index in [1.54, 1.807) is 0 Å². The van der Waals surface area contributed by atoms with E-state index in [0.717, 1.165) is 19.5 Å². The molecule has 2 amide bonds. The van der Waals surface area contributed by atoms with Crippen LogP contribution in [0.15, 0.2) is 0 Å². The van der Waals surface area contributed by atoms with Gasteiger partial charge in [-0.3, -0.25) is 14.5 Å². The maximum Gasteiger partial charge on any atom is 0.233 e. The Balaban J connectivity index is 1.85. The van der Waals surface area contributed by atoms with Crippen LogP contribution in [-0.4, -0.2) is 35.8 Å². The SMILES string of the molecule is O=C1C2CC2C(=O)N1C1CNC1. The molecule has 1 saturated carbocycles. The van der Waals surface area contributed by atoms with Crippen LogP contribution in [0.25, 0.3) is 0 Å². The third kappa shape index (κ3) is 0.617. The molecule has 0 aromatic rings.